The molecule has 5 N–H and O–H groups in total. The maximum absolute atomic E-state index is 12.2. The van der Waals surface area contributed by atoms with Gasteiger partial charge in [0.15, 0.2) is 0 Å². The number of carbonyl (C=O) groups is 2. The van der Waals surface area contributed by atoms with Gasteiger partial charge in [0, 0.05) is 12.1 Å². The van der Waals surface area contributed by atoms with Gasteiger partial charge in [0.1, 0.15) is 0 Å². The molecule has 0 atom stereocenters. The van der Waals surface area contributed by atoms with Crippen molar-refractivity contribution in [2.75, 3.05) is 0 Å². The van der Waals surface area contributed by atoms with Gasteiger partial charge in [-0.25, -0.2) is 0 Å². The molecule has 5 nitrogen and oxygen atoms in total. The summed E-state index contributed by atoms with van der Waals surface area (Å²) in [5, 5.41) is 2.86. The average molecular weight is 275 g/mol. The molecule has 1 aliphatic rings. The van der Waals surface area contributed by atoms with Gasteiger partial charge in [-0.05, 0) is 30.5 Å². The van der Waals surface area contributed by atoms with E-state index in [0.29, 0.717) is 12.1 Å². The molecule has 1 fully saturated rings. The SMILES string of the molecule is NC(=O)c1cccc(CNC(=O)C2(N)CCCCC2)c1. The molecule has 0 spiro atoms. The molecule has 2 amide bonds. The highest BCUT2D eigenvalue weighted by atomic mass is 16.2. The van der Waals surface area contributed by atoms with Crippen molar-refractivity contribution in [2.45, 2.75) is 44.2 Å². The number of hydrogen-bond acceptors (Lipinski definition) is 3. The quantitative estimate of drug-likeness (QED) is 0.766. The van der Waals surface area contributed by atoms with Gasteiger partial charge in [-0.2, -0.15) is 0 Å². The van der Waals surface area contributed by atoms with Gasteiger partial charge in [0.2, 0.25) is 11.8 Å². The number of amides is 2. The lowest BCUT2D eigenvalue weighted by atomic mass is 9.82. The standard InChI is InChI=1S/C15H21N3O2/c16-13(19)12-6-4-5-11(9-12)10-18-14(20)15(17)7-2-1-3-8-15/h4-6,9H,1-3,7-8,10,17H2,(H2,16,19)(H,18,20). The summed E-state index contributed by atoms with van der Waals surface area (Å²) in [6, 6.07) is 6.93. The highest BCUT2D eigenvalue weighted by Gasteiger charge is 2.34. The van der Waals surface area contributed by atoms with Gasteiger partial charge in [0.05, 0.1) is 5.54 Å². The van der Waals surface area contributed by atoms with Gasteiger partial charge in [-0.15, -0.1) is 0 Å². The van der Waals surface area contributed by atoms with E-state index in [1.54, 1.807) is 18.2 Å². The molecule has 0 aliphatic heterocycles. The normalized spacial score (nSPS) is 17.4. The maximum atomic E-state index is 12.2. The Hall–Kier alpha value is -1.88. The molecule has 2 rings (SSSR count). The summed E-state index contributed by atoms with van der Waals surface area (Å²) < 4.78 is 0. The van der Waals surface area contributed by atoms with E-state index >= 15 is 0 Å². The summed E-state index contributed by atoms with van der Waals surface area (Å²) in [5.74, 6) is -0.581. The first kappa shape index (κ1) is 14.5. The van der Waals surface area contributed by atoms with Crippen molar-refractivity contribution in [3.8, 4) is 0 Å². The van der Waals surface area contributed by atoms with Crippen molar-refractivity contribution in [2.24, 2.45) is 11.5 Å². The fourth-order valence-corrected chi connectivity index (χ4v) is 2.60. The van der Waals surface area contributed by atoms with Crippen LogP contribution in [0.2, 0.25) is 0 Å². The van der Waals surface area contributed by atoms with Gasteiger partial charge in [-0.1, -0.05) is 31.4 Å². The minimum atomic E-state index is -0.737. The molecule has 20 heavy (non-hydrogen) atoms. The molecule has 0 radical (unpaired) electrons. The predicted molar refractivity (Wildman–Crippen MR) is 76.8 cm³/mol. The van der Waals surface area contributed by atoms with Crippen LogP contribution >= 0.6 is 0 Å². The minimum Gasteiger partial charge on any atom is -0.366 e. The molecule has 1 aromatic rings. The molecular weight excluding hydrogens is 254 g/mol. The zero-order chi connectivity index (χ0) is 14.6. The van der Waals surface area contributed by atoms with Crippen LogP contribution in [-0.4, -0.2) is 17.4 Å². The van der Waals surface area contributed by atoms with E-state index < -0.39 is 11.4 Å². The Labute approximate surface area is 118 Å². The zero-order valence-corrected chi connectivity index (χ0v) is 11.5. The smallest absolute Gasteiger partial charge is 0.248 e. The van der Waals surface area contributed by atoms with Crippen LogP contribution in [0, 0.1) is 0 Å². The molecule has 0 unspecified atom stereocenters. The molecule has 1 aromatic carbocycles. The van der Waals surface area contributed by atoms with E-state index in [0.717, 1.165) is 37.7 Å². The summed E-state index contributed by atoms with van der Waals surface area (Å²) in [4.78, 5) is 23.3. The molecule has 1 saturated carbocycles. The fourth-order valence-electron chi connectivity index (χ4n) is 2.60. The minimum absolute atomic E-state index is 0.110. The van der Waals surface area contributed by atoms with E-state index in [4.69, 9.17) is 11.5 Å². The van der Waals surface area contributed by atoms with E-state index in [-0.39, 0.29) is 5.91 Å². The predicted octanol–water partition coefficient (Wildman–Crippen LogP) is 1.06. The van der Waals surface area contributed by atoms with Crippen molar-refractivity contribution in [1.29, 1.82) is 0 Å². The number of carbonyl (C=O) groups excluding carboxylic acids is 2. The number of primary amides is 1. The molecule has 5 heteroatoms. The second kappa shape index (κ2) is 6.05. The number of rotatable bonds is 4. The summed E-state index contributed by atoms with van der Waals surface area (Å²) >= 11 is 0. The van der Waals surface area contributed by atoms with Crippen LogP contribution in [0.25, 0.3) is 0 Å². The number of benzene rings is 1. The third-order valence-electron chi connectivity index (χ3n) is 3.86. The third-order valence-corrected chi connectivity index (χ3v) is 3.86. The first-order chi connectivity index (χ1) is 9.51. The van der Waals surface area contributed by atoms with Crippen molar-refractivity contribution in [1.82, 2.24) is 5.32 Å². The molecule has 0 saturated heterocycles. The Bertz CT molecular complexity index is 508. The van der Waals surface area contributed by atoms with Crippen LogP contribution in [0.15, 0.2) is 24.3 Å². The first-order valence-corrected chi connectivity index (χ1v) is 6.97. The van der Waals surface area contributed by atoms with Gasteiger partial charge < -0.3 is 16.8 Å². The van der Waals surface area contributed by atoms with E-state index in [2.05, 4.69) is 5.32 Å². The number of hydrogen-bond donors (Lipinski definition) is 3. The van der Waals surface area contributed by atoms with Crippen LogP contribution in [0.1, 0.15) is 48.0 Å². The molecule has 1 aliphatic carbocycles. The highest BCUT2D eigenvalue weighted by Crippen LogP contribution is 2.26. The fraction of sp³-hybridized carbons (Fsp3) is 0.467. The summed E-state index contributed by atoms with van der Waals surface area (Å²) in [6.07, 6.45) is 4.62. The number of nitrogens with one attached hydrogen (secondary N) is 1. The Kier molecular flexibility index (Phi) is 4.39. The zero-order valence-electron chi connectivity index (χ0n) is 11.5. The monoisotopic (exact) mass is 275 g/mol. The molecule has 108 valence electrons. The van der Waals surface area contributed by atoms with Crippen LogP contribution in [-0.2, 0) is 11.3 Å². The van der Waals surface area contributed by atoms with Crippen molar-refractivity contribution in [3.05, 3.63) is 35.4 Å². The van der Waals surface area contributed by atoms with Crippen LogP contribution in [0.4, 0.5) is 0 Å². The van der Waals surface area contributed by atoms with Crippen LogP contribution < -0.4 is 16.8 Å². The average Bonchev–Trinajstić information content (AvgIpc) is 2.45. The third kappa shape index (κ3) is 3.36. The Morgan fingerprint density at radius 1 is 1.20 bits per heavy atom. The Balaban J connectivity index is 1.96. The van der Waals surface area contributed by atoms with Crippen LogP contribution in [0.3, 0.4) is 0 Å². The maximum Gasteiger partial charge on any atom is 0.248 e. The van der Waals surface area contributed by atoms with Gasteiger partial charge >= 0.3 is 0 Å². The lowest BCUT2D eigenvalue weighted by Gasteiger charge is -2.31. The Morgan fingerprint density at radius 3 is 2.55 bits per heavy atom. The van der Waals surface area contributed by atoms with Gasteiger partial charge in [0.25, 0.3) is 0 Å². The van der Waals surface area contributed by atoms with Crippen LogP contribution in [0.5, 0.6) is 0 Å². The summed E-state index contributed by atoms with van der Waals surface area (Å²) in [6.45, 7) is 0.360. The lowest BCUT2D eigenvalue weighted by molar-refractivity contribution is -0.127. The lowest BCUT2D eigenvalue weighted by Crippen LogP contribution is -2.54. The van der Waals surface area contributed by atoms with Crippen molar-refractivity contribution >= 4 is 11.8 Å². The second-order valence-corrected chi connectivity index (χ2v) is 5.46. The topological polar surface area (TPSA) is 98.2 Å². The molecular formula is C15H21N3O2. The second-order valence-electron chi connectivity index (χ2n) is 5.46. The van der Waals surface area contributed by atoms with Crippen molar-refractivity contribution < 1.29 is 9.59 Å². The van der Waals surface area contributed by atoms with Crippen molar-refractivity contribution in [3.63, 3.8) is 0 Å². The highest BCUT2D eigenvalue weighted by molar-refractivity contribution is 5.93. The summed E-state index contributed by atoms with van der Waals surface area (Å²) in [7, 11) is 0. The van der Waals surface area contributed by atoms with E-state index in [1.165, 1.54) is 0 Å². The molecule has 0 heterocycles. The summed E-state index contributed by atoms with van der Waals surface area (Å²) in [5.41, 5.74) is 11.9. The van der Waals surface area contributed by atoms with E-state index in [9.17, 15) is 9.59 Å². The van der Waals surface area contributed by atoms with Gasteiger partial charge in [-0.3, -0.25) is 9.59 Å². The van der Waals surface area contributed by atoms with E-state index in [1.807, 2.05) is 6.07 Å². The largest absolute Gasteiger partial charge is 0.366 e. The first-order valence-electron chi connectivity index (χ1n) is 6.97. The number of nitrogens with two attached hydrogens (primary N) is 2. The molecule has 0 bridgehead atoms. The Morgan fingerprint density at radius 2 is 1.90 bits per heavy atom. The molecule has 0 aromatic heterocycles.